The Morgan fingerprint density at radius 2 is 1.76 bits per heavy atom. The lowest BCUT2D eigenvalue weighted by molar-refractivity contribution is 0.584. The van der Waals surface area contributed by atoms with E-state index in [9.17, 15) is 8.42 Å². The third-order valence-electron chi connectivity index (χ3n) is 3.84. The Morgan fingerprint density at radius 3 is 2.43 bits per heavy atom. The van der Waals surface area contributed by atoms with Crippen molar-refractivity contribution in [2.45, 2.75) is 24.3 Å². The van der Waals surface area contributed by atoms with Gasteiger partial charge < -0.3 is 5.32 Å². The molecule has 110 valence electrons. The van der Waals surface area contributed by atoms with Crippen LogP contribution in [0.2, 0.25) is 0 Å². The van der Waals surface area contributed by atoms with E-state index in [0.29, 0.717) is 4.90 Å². The summed E-state index contributed by atoms with van der Waals surface area (Å²) in [6.45, 7) is 1.94. The van der Waals surface area contributed by atoms with Crippen molar-refractivity contribution >= 4 is 21.4 Å². The number of fused-ring (bicyclic) bond motifs is 1. The molecule has 0 fully saturated rings. The standard InChI is InChI=1S/C16H18N2O2S/c1-12-11-13-5-3-4-6-16(13)18(12)21(19,20)15-9-7-14(17-2)8-10-15/h3-10,12,17H,11H2,1-2H3. The van der Waals surface area contributed by atoms with Crippen LogP contribution in [-0.2, 0) is 16.4 Å². The molecule has 1 aliphatic heterocycles. The molecule has 1 aliphatic rings. The summed E-state index contributed by atoms with van der Waals surface area (Å²) < 4.78 is 27.4. The molecular weight excluding hydrogens is 284 g/mol. The third-order valence-corrected chi connectivity index (χ3v) is 5.79. The first-order valence-electron chi connectivity index (χ1n) is 6.94. The zero-order valence-electron chi connectivity index (χ0n) is 12.1. The highest BCUT2D eigenvalue weighted by Gasteiger charge is 2.35. The molecule has 0 radical (unpaired) electrons. The van der Waals surface area contributed by atoms with Crippen molar-refractivity contribution < 1.29 is 8.42 Å². The number of benzene rings is 2. The minimum Gasteiger partial charge on any atom is -0.388 e. The molecule has 4 nitrogen and oxygen atoms in total. The second-order valence-corrected chi connectivity index (χ2v) is 7.07. The van der Waals surface area contributed by atoms with Crippen LogP contribution in [-0.4, -0.2) is 21.5 Å². The highest BCUT2D eigenvalue weighted by molar-refractivity contribution is 7.92. The van der Waals surface area contributed by atoms with E-state index >= 15 is 0 Å². The van der Waals surface area contributed by atoms with E-state index in [4.69, 9.17) is 0 Å². The van der Waals surface area contributed by atoms with E-state index in [-0.39, 0.29) is 6.04 Å². The maximum absolute atomic E-state index is 12.9. The van der Waals surface area contributed by atoms with E-state index in [2.05, 4.69) is 5.32 Å². The Morgan fingerprint density at radius 1 is 1.10 bits per heavy atom. The SMILES string of the molecule is CNc1ccc(S(=O)(=O)N2c3ccccc3CC2C)cc1. The van der Waals surface area contributed by atoms with E-state index in [1.807, 2.05) is 38.2 Å². The highest BCUT2D eigenvalue weighted by atomic mass is 32.2. The lowest BCUT2D eigenvalue weighted by Gasteiger charge is -2.24. The van der Waals surface area contributed by atoms with Gasteiger partial charge in [-0.05, 0) is 49.2 Å². The molecule has 0 aliphatic carbocycles. The highest BCUT2D eigenvalue weighted by Crippen LogP contribution is 2.36. The Hall–Kier alpha value is -2.01. The number of para-hydroxylation sites is 1. The fraction of sp³-hybridized carbons (Fsp3) is 0.250. The van der Waals surface area contributed by atoms with Crippen molar-refractivity contribution in [1.82, 2.24) is 0 Å². The number of hydrogen-bond acceptors (Lipinski definition) is 3. The van der Waals surface area contributed by atoms with Crippen LogP contribution in [0.3, 0.4) is 0 Å². The third kappa shape index (κ3) is 2.27. The number of sulfonamides is 1. The molecule has 0 saturated heterocycles. The molecule has 1 heterocycles. The van der Waals surface area contributed by atoms with Crippen LogP contribution in [0.5, 0.6) is 0 Å². The normalized spacial score (nSPS) is 17.6. The van der Waals surface area contributed by atoms with Crippen molar-refractivity contribution in [3.63, 3.8) is 0 Å². The van der Waals surface area contributed by atoms with Gasteiger partial charge in [-0.1, -0.05) is 18.2 Å². The first-order chi connectivity index (χ1) is 10.0. The van der Waals surface area contributed by atoms with Gasteiger partial charge in [-0.25, -0.2) is 8.42 Å². The lowest BCUT2D eigenvalue weighted by atomic mass is 10.1. The van der Waals surface area contributed by atoms with Gasteiger partial charge >= 0.3 is 0 Å². The van der Waals surface area contributed by atoms with Crippen molar-refractivity contribution in [1.29, 1.82) is 0 Å². The number of nitrogens with zero attached hydrogens (tertiary/aromatic N) is 1. The quantitative estimate of drug-likeness (QED) is 0.948. The molecule has 2 aromatic carbocycles. The molecule has 5 heteroatoms. The predicted molar refractivity (Wildman–Crippen MR) is 85.3 cm³/mol. The molecule has 1 unspecified atom stereocenters. The number of anilines is 2. The lowest BCUT2D eigenvalue weighted by Crippen LogP contribution is -2.35. The van der Waals surface area contributed by atoms with Gasteiger partial charge in [-0.15, -0.1) is 0 Å². The monoisotopic (exact) mass is 302 g/mol. The number of nitrogens with one attached hydrogen (secondary N) is 1. The van der Waals surface area contributed by atoms with Crippen LogP contribution >= 0.6 is 0 Å². The first kappa shape index (κ1) is 13.9. The molecule has 0 saturated carbocycles. The smallest absolute Gasteiger partial charge is 0.264 e. The van der Waals surface area contributed by atoms with Crippen LogP contribution < -0.4 is 9.62 Å². The Labute approximate surface area is 125 Å². The van der Waals surface area contributed by atoms with Gasteiger partial charge in [-0.3, -0.25) is 4.31 Å². The van der Waals surface area contributed by atoms with Crippen LogP contribution in [0.15, 0.2) is 53.4 Å². The van der Waals surface area contributed by atoms with Crippen LogP contribution in [0, 0.1) is 0 Å². The minimum absolute atomic E-state index is 0.0589. The van der Waals surface area contributed by atoms with E-state index in [1.54, 1.807) is 24.3 Å². The number of hydrogen-bond donors (Lipinski definition) is 1. The van der Waals surface area contributed by atoms with Gasteiger partial charge in [-0.2, -0.15) is 0 Å². The summed E-state index contributed by atoms with van der Waals surface area (Å²) in [5.74, 6) is 0. The Balaban J connectivity index is 2.05. The molecule has 0 spiro atoms. The van der Waals surface area contributed by atoms with Gasteiger partial charge in [0.05, 0.1) is 10.6 Å². The van der Waals surface area contributed by atoms with Crippen LogP contribution in [0.25, 0.3) is 0 Å². The van der Waals surface area contributed by atoms with Gasteiger partial charge in [0.2, 0.25) is 0 Å². The summed E-state index contributed by atoms with van der Waals surface area (Å²) in [5.41, 5.74) is 2.77. The minimum atomic E-state index is -3.52. The molecule has 0 amide bonds. The van der Waals surface area contributed by atoms with E-state index < -0.39 is 10.0 Å². The van der Waals surface area contributed by atoms with E-state index in [1.165, 1.54) is 4.31 Å². The zero-order valence-corrected chi connectivity index (χ0v) is 12.9. The molecule has 21 heavy (non-hydrogen) atoms. The van der Waals surface area contributed by atoms with Gasteiger partial charge in [0.25, 0.3) is 10.0 Å². The molecule has 3 rings (SSSR count). The molecule has 1 atom stereocenters. The van der Waals surface area contributed by atoms with Gasteiger partial charge in [0.1, 0.15) is 0 Å². The fourth-order valence-electron chi connectivity index (χ4n) is 2.81. The zero-order chi connectivity index (χ0) is 15.0. The van der Waals surface area contributed by atoms with Crippen molar-refractivity contribution in [3.05, 3.63) is 54.1 Å². The summed E-state index contributed by atoms with van der Waals surface area (Å²) in [7, 11) is -1.71. The summed E-state index contributed by atoms with van der Waals surface area (Å²) in [6, 6.07) is 14.5. The second-order valence-electron chi connectivity index (χ2n) is 5.26. The van der Waals surface area contributed by atoms with Crippen molar-refractivity contribution in [2.75, 3.05) is 16.7 Å². The Bertz CT molecular complexity index is 754. The van der Waals surface area contributed by atoms with E-state index in [0.717, 1.165) is 23.4 Å². The van der Waals surface area contributed by atoms with Crippen LogP contribution in [0.1, 0.15) is 12.5 Å². The molecule has 0 aromatic heterocycles. The van der Waals surface area contributed by atoms with Crippen molar-refractivity contribution in [2.24, 2.45) is 0 Å². The fourth-order valence-corrected chi connectivity index (χ4v) is 4.50. The summed E-state index contributed by atoms with van der Waals surface area (Å²) in [5, 5.41) is 2.99. The average molecular weight is 302 g/mol. The largest absolute Gasteiger partial charge is 0.388 e. The molecule has 2 aromatic rings. The maximum Gasteiger partial charge on any atom is 0.264 e. The predicted octanol–water partition coefficient (Wildman–Crippen LogP) is 2.87. The summed E-state index contributed by atoms with van der Waals surface area (Å²) >= 11 is 0. The van der Waals surface area contributed by atoms with Crippen molar-refractivity contribution in [3.8, 4) is 0 Å². The topological polar surface area (TPSA) is 49.4 Å². The summed E-state index contributed by atoms with van der Waals surface area (Å²) in [4.78, 5) is 0.324. The second kappa shape index (κ2) is 5.07. The average Bonchev–Trinajstić information content (AvgIpc) is 2.83. The van der Waals surface area contributed by atoms with Gasteiger partial charge in [0, 0.05) is 18.8 Å². The van der Waals surface area contributed by atoms with Gasteiger partial charge in [0.15, 0.2) is 0 Å². The summed E-state index contributed by atoms with van der Waals surface area (Å²) in [6.07, 6.45) is 0.754. The molecule has 0 bridgehead atoms. The van der Waals surface area contributed by atoms with Crippen LogP contribution in [0.4, 0.5) is 11.4 Å². The maximum atomic E-state index is 12.9. The number of rotatable bonds is 3. The molecular formula is C16H18N2O2S. The molecule has 1 N–H and O–H groups in total. The Kier molecular flexibility index (Phi) is 3.37. The first-order valence-corrected chi connectivity index (χ1v) is 8.38.